The SMILES string of the molecule is CS(=O)(=O)Nc1cnc([C@H](Cc2cc(F)cc(F)c2)NC(=O)Cn2nc(C(F)(F)F)c3c2C(F)(F)[C@@H]2C[C@H]32)c(Br)c1. The van der Waals surface area contributed by atoms with E-state index in [2.05, 4.69) is 36.1 Å². The first-order valence-electron chi connectivity index (χ1n) is 11.9. The summed E-state index contributed by atoms with van der Waals surface area (Å²) in [6.07, 6.45) is -3.40. The van der Waals surface area contributed by atoms with Crippen LogP contribution >= 0.6 is 15.9 Å². The molecule has 41 heavy (non-hydrogen) atoms. The maximum absolute atomic E-state index is 14.9. The smallest absolute Gasteiger partial charge is 0.346 e. The number of rotatable bonds is 8. The largest absolute Gasteiger partial charge is 0.435 e. The Labute approximate surface area is 236 Å². The van der Waals surface area contributed by atoms with Crippen molar-refractivity contribution in [3.8, 4) is 0 Å². The van der Waals surface area contributed by atoms with E-state index in [0.717, 1.165) is 24.6 Å². The lowest BCUT2D eigenvalue weighted by Crippen LogP contribution is -2.35. The number of anilines is 1. The monoisotopic (exact) mass is 669 g/mol. The molecule has 17 heteroatoms. The van der Waals surface area contributed by atoms with E-state index in [1.165, 1.54) is 6.07 Å². The molecule has 2 N–H and O–H groups in total. The Morgan fingerprint density at radius 2 is 1.85 bits per heavy atom. The maximum Gasteiger partial charge on any atom is 0.435 e. The Hall–Kier alpha value is -3.21. The van der Waals surface area contributed by atoms with Crippen LogP contribution in [0.1, 0.15) is 46.6 Å². The van der Waals surface area contributed by atoms with E-state index in [9.17, 15) is 43.9 Å². The van der Waals surface area contributed by atoms with Gasteiger partial charge >= 0.3 is 6.18 Å². The molecule has 220 valence electrons. The summed E-state index contributed by atoms with van der Waals surface area (Å²) in [4.78, 5) is 17.2. The first-order chi connectivity index (χ1) is 18.9. The molecule has 0 bridgehead atoms. The first-order valence-corrected chi connectivity index (χ1v) is 14.6. The third-order valence-electron chi connectivity index (χ3n) is 6.69. The van der Waals surface area contributed by atoms with Gasteiger partial charge in [0.2, 0.25) is 15.9 Å². The van der Waals surface area contributed by atoms with Gasteiger partial charge in [0.05, 0.1) is 29.9 Å². The zero-order chi connectivity index (χ0) is 30.1. The van der Waals surface area contributed by atoms with Crippen LogP contribution in [0.4, 0.5) is 36.4 Å². The predicted octanol–water partition coefficient (Wildman–Crippen LogP) is 5.02. The fourth-order valence-corrected chi connectivity index (χ4v) is 6.29. The summed E-state index contributed by atoms with van der Waals surface area (Å²) >= 11 is 3.21. The third kappa shape index (κ3) is 5.91. The van der Waals surface area contributed by atoms with Gasteiger partial charge in [0, 0.05) is 22.0 Å². The van der Waals surface area contributed by atoms with E-state index in [1.807, 2.05) is 0 Å². The van der Waals surface area contributed by atoms with Crippen molar-refractivity contribution in [3.63, 3.8) is 0 Å². The minimum atomic E-state index is -5.01. The van der Waals surface area contributed by atoms with Gasteiger partial charge in [0.1, 0.15) is 23.9 Å². The molecule has 1 aromatic carbocycles. The highest BCUT2D eigenvalue weighted by atomic mass is 79.9. The van der Waals surface area contributed by atoms with E-state index in [-0.39, 0.29) is 34.3 Å². The molecule has 1 fully saturated rings. The van der Waals surface area contributed by atoms with Crippen molar-refractivity contribution in [2.75, 3.05) is 11.0 Å². The van der Waals surface area contributed by atoms with Crippen LogP contribution in [-0.4, -0.2) is 35.3 Å². The Morgan fingerprint density at radius 3 is 2.44 bits per heavy atom. The molecule has 2 aliphatic carbocycles. The molecule has 1 saturated carbocycles. The molecule has 5 rings (SSSR count). The van der Waals surface area contributed by atoms with Crippen molar-refractivity contribution in [3.05, 3.63) is 74.8 Å². The summed E-state index contributed by atoms with van der Waals surface area (Å²) in [5, 5.41) is 5.79. The minimum Gasteiger partial charge on any atom is -0.346 e. The number of sulfonamides is 1. The van der Waals surface area contributed by atoms with Gasteiger partial charge in [-0.05, 0) is 58.5 Å². The highest BCUT2D eigenvalue weighted by Crippen LogP contribution is 2.68. The highest BCUT2D eigenvalue weighted by molar-refractivity contribution is 9.10. The number of nitrogens with zero attached hydrogens (tertiary/aromatic N) is 3. The molecule has 2 heterocycles. The number of benzene rings is 1. The predicted molar refractivity (Wildman–Crippen MR) is 133 cm³/mol. The van der Waals surface area contributed by atoms with Crippen molar-refractivity contribution < 1.29 is 43.9 Å². The number of halogens is 8. The number of hydrogen-bond acceptors (Lipinski definition) is 5. The lowest BCUT2D eigenvalue weighted by Gasteiger charge is -2.21. The Morgan fingerprint density at radius 1 is 1.20 bits per heavy atom. The van der Waals surface area contributed by atoms with E-state index in [1.54, 1.807) is 0 Å². The molecule has 2 aromatic heterocycles. The first kappa shape index (κ1) is 29.3. The molecular weight excluding hydrogens is 651 g/mol. The second-order valence-electron chi connectivity index (χ2n) is 9.91. The second kappa shape index (κ2) is 9.96. The quantitative estimate of drug-likeness (QED) is 0.328. The molecule has 3 atom stereocenters. The van der Waals surface area contributed by atoms with Gasteiger partial charge < -0.3 is 5.32 Å². The van der Waals surface area contributed by atoms with Crippen LogP contribution in [0.5, 0.6) is 0 Å². The van der Waals surface area contributed by atoms with E-state index in [4.69, 9.17) is 0 Å². The molecule has 0 aliphatic heterocycles. The number of aromatic nitrogens is 3. The zero-order valence-electron chi connectivity index (χ0n) is 20.7. The topological polar surface area (TPSA) is 106 Å². The summed E-state index contributed by atoms with van der Waals surface area (Å²) in [5.41, 5.74) is -2.88. The number of pyridine rings is 1. The van der Waals surface area contributed by atoms with Crippen LogP contribution in [0.25, 0.3) is 0 Å². The second-order valence-corrected chi connectivity index (χ2v) is 12.5. The summed E-state index contributed by atoms with van der Waals surface area (Å²) < 4.78 is 124. The molecule has 1 amide bonds. The molecular formula is C24H19BrF7N5O3S. The number of amides is 1. The van der Waals surface area contributed by atoms with Gasteiger partial charge in [-0.15, -0.1) is 0 Å². The average molecular weight is 670 g/mol. The summed E-state index contributed by atoms with van der Waals surface area (Å²) in [6, 6.07) is 2.71. The summed E-state index contributed by atoms with van der Waals surface area (Å²) in [5.74, 6) is -8.77. The molecule has 3 aromatic rings. The van der Waals surface area contributed by atoms with Gasteiger partial charge in [-0.3, -0.25) is 19.2 Å². The van der Waals surface area contributed by atoms with Gasteiger partial charge in [0.25, 0.3) is 5.92 Å². The van der Waals surface area contributed by atoms with Crippen LogP contribution in [0.3, 0.4) is 0 Å². The fraction of sp³-hybridized carbons (Fsp3) is 0.375. The number of alkyl halides is 5. The number of fused-ring (bicyclic) bond motifs is 3. The standard InChI is InChI=1S/C24H19BrF7N5O3S/c1-41(39,40)36-13-6-16(25)20(33-8-13)17(4-10-2-11(26)5-12(27)3-10)34-18(38)9-37-22-19(21(35-37)24(30,31)32)14-7-15(14)23(22,28)29/h2-3,5-6,8,14-15,17,36H,4,7,9H2,1H3,(H,34,38)/t14-,15+,17-/m0/s1. The third-order valence-corrected chi connectivity index (χ3v) is 7.94. The maximum atomic E-state index is 14.9. The molecule has 0 spiro atoms. The van der Waals surface area contributed by atoms with Gasteiger partial charge in [0.15, 0.2) is 5.69 Å². The number of hydrogen-bond donors (Lipinski definition) is 2. The van der Waals surface area contributed by atoms with Crippen LogP contribution in [0.2, 0.25) is 0 Å². The molecule has 0 saturated heterocycles. The van der Waals surface area contributed by atoms with Crippen LogP contribution in [-0.2, 0) is 39.9 Å². The Kier molecular flexibility index (Phi) is 7.11. The van der Waals surface area contributed by atoms with E-state index < -0.39 is 81.0 Å². The summed E-state index contributed by atoms with van der Waals surface area (Å²) in [7, 11) is -3.68. The molecule has 8 nitrogen and oxygen atoms in total. The van der Waals surface area contributed by atoms with Gasteiger partial charge in [-0.1, -0.05) is 0 Å². The molecule has 0 radical (unpaired) electrons. The normalized spacial score (nSPS) is 19.8. The highest BCUT2D eigenvalue weighted by Gasteiger charge is 2.68. The minimum absolute atomic E-state index is 0.0394. The van der Waals surface area contributed by atoms with Crippen molar-refractivity contribution >= 4 is 37.5 Å². The van der Waals surface area contributed by atoms with E-state index >= 15 is 0 Å². The number of carbonyl (C=O) groups excluding carboxylic acids is 1. The van der Waals surface area contributed by atoms with Crippen LogP contribution < -0.4 is 10.0 Å². The zero-order valence-corrected chi connectivity index (χ0v) is 23.1. The van der Waals surface area contributed by atoms with Crippen molar-refractivity contribution in [2.45, 2.75) is 43.4 Å². The number of carbonyl (C=O) groups is 1. The average Bonchev–Trinajstić information content (AvgIpc) is 3.45. The van der Waals surface area contributed by atoms with Crippen LogP contribution in [0, 0.1) is 17.6 Å². The van der Waals surface area contributed by atoms with Crippen molar-refractivity contribution in [1.82, 2.24) is 20.1 Å². The lowest BCUT2D eigenvalue weighted by atomic mass is 10.0. The Bertz CT molecular complexity index is 1640. The van der Waals surface area contributed by atoms with Gasteiger partial charge in [-0.2, -0.15) is 27.1 Å². The van der Waals surface area contributed by atoms with Gasteiger partial charge in [-0.25, -0.2) is 17.2 Å². The number of nitrogens with one attached hydrogen (secondary N) is 2. The van der Waals surface area contributed by atoms with E-state index in [0.29, 0.717) is 10.7 Å². The molecule has 2 aliphatic rings. The summed E-state index contributed by atoms with van der Waals surface area (Å²) in [6.45, 7) is -1.01. The van der Waals surface area contributed by atoms with Crippen LogP contribution in [0.15, 0.2) is 34.9 Å². The lowest BCUT2D eigenvalue weighted by molar-refractivity contribution is -0.142. The fourth-order valence-electron chi connectivity index (χ4n) is 5.12. The van der Waals surface area contributed by atoms with Crippen molar-refractivity contribution in [2.24, 2.45) is 5.92 Å². The Balaban J connectivity index is 1.46. The van der Waals surface area contributed by atoms with Crippen molar-refractivity contribution in [1.29, 1.82) is 0 Å². The molecule has 0 unspecified atom stereocenters.